The lowest BCUT2D eigenvalue weighted by Crippen LogP contribution is -2.24. The van der Waals surface area contributed by atoms with E-state index in [1.165, 1.54) is 6.20 Å². The van der Waals surface area contributed by atoms with Crippen molar-refractivity contribution >= 4 is 16.4 Å². The molecule has 102 valence electrons. The Morgan fingerprint density at radius 2 is 2.33 bits per heavy atom. The third-order valence-corrected chi connectivity index (χ3v) is 2.78. The van der Waals surface area contributed by atoms with Crippen LogP contribution in [-0.4, -0.2) is 42.7 Å². The van der Waals surface area contributed by atoms with Crippen LogP contribution in [0.5, 0.6) is 0 Å². The van der Waals surface area contributed by atoms with E-state index in [2.05, 4.69) is 13.4 Å². The van der Waals surface area contributed by atoms with Gasteiger partial charge in [-0.3, -0.25) is 4.18 Å². The van der Waals surface area contributed by atoms with Crippen LogP contribution in [0, 0.1) is 0 Å². The molecule has 0 spiro atoms. The highest BCUT2D eigenvalue weighted by Gasteiger charge is 2.27. The first-order valence-electron chi connectivity index (χ1n) is 4.83. The van der Waals surface area contributed by atoms with Crippen LogP contribution in [0.25, 0.3) is 0 Å². The number of nitrogens with two attached hydrogens (primary N) is 1. The summed E-state index contributed by atoms with van der Waals surface area (Å²) in [6, 6.07) is 0. The molecule has 0 fully saturated rings. The molecule has 1 rings (SSSR count). The van der Waals surface area contributed by atoms with Crippen LogP contribution in [0.2, 0.25) is 0 Å². The van der Waals surface area contributed by atoms with Crippen LogP contribution < -0.4 is 5.73 Å². The number of carbonyl (C=O) groups is 1. The third-order valence-electron chi connectivity index (χ3n) is 1.95. The smallest absolute Gasteiger partial charge is 0.402 e. The Balaban J connectivity index is 2.94. The van der Waals surface area contributed by atoms with Crippen molar-refractivity contribution in [3.05, 3.63) is 18.2 Å². The van der Waals surface area contributed by atoms with E-state index >= 15 is 0 Å². The van der Waals surface area contributed by atoms with E-state index < -0.39 is 22.6 Å². The molecular weight excluding hydrogens is 266 g/mol. The van der Waals surface area contributed by atoms with E-state index in [9.17, 15) is 13.2 Å². The second-order valence-electron chi connectivity index (χ2n) is 3.21. The van der Waals surface area contributed by atoms with Gasteiger partial charge in [0.1, 0.15) is 0 Å². The fourth-order valence-electron chi connectivity index (χ4n) is 1.15. The zero-order valence-electron chi connectivity index (χ0n) is 9.51. The van der Waals surface area contributed by atoms with E-state index in [-0.39, 0.29) is 0 Å². The van der Waals surface area contributed by atoms with E-state index in [1.54, 1.807) is 0 Å². The summed E-state index contributed by atoms with van der Waals surface area (Å²) in [5.74, 6) is -1.49. The molecule has 1 atom stereocenters. The van der Waals surface area contributed by atoms with Crippen molar-refractivity contribution in [2.24, 2.45) is 5.73 Å². The molecule has 0 aliphatic heterocycles. The molecule has 1 unspecified atom stereocenters. The summed E-state index contributed by atoms with van der Waals surface area (Å²) >= 11 is 0. The van der Waals surface area contributed by atoms with E-state index in [1.807, 2.05) is 0 Å². The maximum Gasteiger partial charge on any atom is 0.402 e. The maximum absolute atomic E-state index is 11.1. The van der Waals surface area contributed by atoms with Gasteiger partial charge in [0.15, 0.2) is 0 Å². The first kappa shape index (κ1) is 14.6. The van der Waals surface area contributed by atoms with Gasteiger partial charge in [-0.15, -0.1) is 0 Å². The molecule has 1 heterocycles. The average molecular weight is 279 g/mol. The molecule has 0 saturated carbocycles. The molecule has 0 aromatic carbocycles. The molecule has 0 aliphatic rings. The summed E-state index contributed by atoms with van der Waals surface area (Å²) in [6.07, 6.45) is 1.16. The summed E-state index contributed by atoms with van der Waals surface area (Å²) in [5, 5.41) is 8.91. The van der Waals surface area contributed by atoms with Crippen LogP contribution >= 0.6 is 0 Å². The number of hydrogen-bond donors (Lipinski definition) is 2. The van der Waals surface area contributed by atoms with E-state index in [0.29, 0.717) is 18.7 Å². The molecular formula is C8H13N3O6S. The molecule has 0 bridgehead atoms. The number of aromatic nitrogens is 2. The van der Waals surface area contributed by atoms with Crippen molar-refractivity contribution in [2.75, 3.05) is 13.7 Å². The van der Waals surface area contributed by atoms with Crippen molar-refractivity contribution in [3.63, 3.8) is 0 Å². The van der Waals surface area contributed by atoms with Gasteiger partial charge in [0.2, 0.25) is 0 Å². The second kappa shape index (κ2) is 5.91. The summed E-state index contributed by atoms with van der Waals surface area (Å²) in [7, 11) is -3.51. The Labute approximate surface area is 103 Å². The Bertz CT molecular complexity index is 511. The molecule has 1 aromatic rings. The number of carboxylic acids is 1. The maximum atomic E-state index is 11.1. The van der Waals surface area contributed by atoms with Crippen LogP contribution in [0.1, 0.15) is 11.9 Å². The Morgan fingerprint density at radius 1 is 1.67 bits per heavy atom. The molecule has 3 N–H and O–H groups in total. The van der Waals surface area contributed by atoms with Gasteiger partial charge < -0.3 is 15.4 Å². The molecule has 0 amide bonds. The fourth-order valence-corrected chi connectivity index (χ4v) is 1.64. The lowest BCUT2D eigenvalue weighted by atomic mass is 10.3. The van der Waals surface area contributed by atoms with Gasteiger partial charge >= 0.3 is 16.4 Å². The van der Waals surface area contributed by atoms with E-state index in [4.69, 9.17) is 10.8 Å². The zero-order valence-corrected chi connectivity index (χ0v) is 10.3. The monoisotopic (exact) mass is 279 g/mol. The topological polar surface area (TPSA) is 134 Å². The first-order chi connectivity index (χ1) is 8.39. The van der Waals surface area contributed by atoms with Crippen molar-refractivity contribution < 1.29 is 26.7 Å². The summed E-state index contributed by atoms with van der Waals surface area (Å²) in [5.41, 5.74) is 5.85. The number of carboxylic acid groups (broad SMARTS) is 1. The minimum atomic E-state index is -4.37. The number of rotatable bonds is 7. The SMILES string of the molecule is COS(=O)(=O)OC(C(=O)O)n1cnc(CCN)c1. The standard InChI is InChI=1S/C8H13N3O6S/c1-16-18(14,15)17-7(8(12)13)11-4-6(2-3-9)10-5-11/h4-5,7H,2-3,9H2,1H3,(H,12,13). The molecule has 18 heavy (non-hydrogen) atoms. The Kier molecular flexibility index (Phi) is 4.78. The predicted octanol–water partition coefficient (Wildman–Crippen LogP) is -1.12. The molecule has 0 saturated heterocycles. The van der Waals surface area contributed by atoms with Crippen LogP contribution in [0.15, 0.2) is 12.5 Å². The third kappa shape index (κ3) is 3.77. The number of imidazole rings is 1. The quantitative estimate of drug-likeness (QED) is 0.640. The highest BCUT2D eigenvalue weighted by molar-refractivity contribution is 7.81. The normalized spacial score (nSPS) is 13.4. The molecule has 10 heteroatoms. The summed E-state index contributed by atoms with van der Waals surface area (Å²) in [4.78, 5) is 14.8. The van der Waals surface area contributed by atoms with Gasteiger partial charge in [-0.1, -0.05) is 0 Å². The minimum absolute atomic E-state index is 0.339. The summed E-state index contributed by atoms with van der Waals surface area (Å²) in [6.45, 7) is 0.339. The molecule has 1 aromatic heterocycles. The van der Waals surface area contributed by atoms with Crippen molar-refractivity contribution in [3.8, 4) is 0 Å². The lowest BCUT2D eigenvalue weighted by molar-refractivity contribution is -0.149. The first-order valence-corrected chi connectivity index (χ1v) is 6.17. The van der Waals surface area contributed by atoms with Gasteiger partial charge in [0, 0.05) is 12.6 Å². The average Bonchev–Trinajstić information content (AvgIpc) is 2.74. The Hall–Kier alpha value is -1.49. The molecule has 0 radical (unpaired) electrons. The van der Waals surface area contributed by atoms with E-state index in [0.717, 1.165) is 18.0 Å². The van der Waals surface area contributed by atoms with Gasteiger partial charge in [-0.2, -0.15) is 8.42 Å². The predicted molar refractivity (Wildman–Crippen MR) is 58.7 cm³/mol. The molecule has 9 nitrogen and oxygen atoms in total. The van der Waals surface area contributed by atoms with Crippen LogP contribution in [-0.2, 0) is 30.0 Å². The van der Waals surface area contributed by atoms with Crippen LogP contribution in [0.3, 0.4) is 0 Å². The van der Waals surface area contributed by atoms with Crippen molar-refractivity contribution in [1.82, 2.24) is 9.55 Å². The molecule has 0 aliphatic carbocycles. The minimum Gasteiger partial charge on any atom is -0.478 e. The fraction of sp³-hybridized carbons (Fsp3) is 0.500. The lowest BCUT2D eigenvalue weighted by Gasteiger charge is -2.12. The van der Waals surface area contributed by atoms with Crippen LogP contribution in [0.4, 0.5) is 0 Å². The highest BCUT2D eigenvalue weighted by atomic mass is 32.3. The van der Waals surface area contributed by atoms with Gasteiger partial charge in [0.05, 0.1) is 19.1 Å². The second-order valence-corrected chi connectivity index (χ2v) is 4.55. The van der Waals surface area contributed by atoms with Gasteiger partial charge in [-0.25, -0.2) is 14.0 Å². The number of hydrogen-bond acceptors (Lipinski definition) is 7. The zero-order chi connectivity index (χ0) is 13.8. The number of aliphatic carboxylic acids is 1. The number of nitrogens with zero attached hydrogens (tertiary/aromatic N) is 2. The van der Waals surface area contributed by atoms with Crippen molar-refractivity contribution in [1.29, 1.82) is 0 Å². The summed E-state index contributed by atoms with van der Waals surface area (Å²) < 4.78 is 31.5. The van der Waals surface area contributed by atoms with Gasteiger partial charge in [0.25, 0.3) is 6.23 Å². The largest absolute Gasteiger partial charge is 0.478 e. The Morgan fingerprint density at radius 3 is 2.83 bits per heavy atom. The van der Waals surface area contributed by atoms with Gasteiger partial charge in [-0.05, 0) is 6.54 Å². The highest BCUT2D eigenvalue weighted by Crippen LogP contribution is 2.14. The van der Waals surface area contributed by atoms with Crippen molar-refractivity contribution in [2.45, 2.75) is 12.6 Å².